The number of nitrogens with zero attached hydrogens (tertiary/aromatic N) is 2. The summed E-state index contributed by atoms with van der Waals surface area (Å²) in [4.78, 5) is 5.28. The van der Waals surface area contributed by atoms with E-state index in [0.717, 1.165) is 31.8 Å². The van der Waals surface area contributed by atoms with E-state index in [9.17, 15) is 5.11 Å². The van der Waals surface area contributed by atoms with E-state index < -0.39 is 0 Å². The molecule has 2 fully saturated rings. The fourth-order valence-electron chi connectivity index (χ4n) is 3.46. The minimum Gasteiger partial charge on any atom is -0.394 e. The Morgan fingerprint density at radius 1 is 1.14 bits per heavy atom. The maximum absolute atomic E-state index is 9.76. The third-order valence-corrected chi connectivity index (χ3v) is 5.33. The third-order valence-electron chi connectivity index (χ3n) is 5.33. The van der Waals surface area contributed by atoms with E-state index in [1.807, 2.05) is 0 Å². The number of hydrogen-bond donors (Lipinski definition) is 2. The van der Waals surface area contributed by atoms with Crippen molar-refractivity contribution < 1.29 is 5.11 Å². The Morgan fingerprint density at radius 2 is 1.86 bits per heavy atom. The van der Waals surface area contributed by atoms with E-state index in [1.54, 1.807) is 0 Å². The Labute approximate surface area is 130 Å². The van der Waals surface area contributed by atoms with Crippen molar-refractivity contribution in [2.45, 2.75) is 64.0 Å². The lowest BCUT2D eigenvalue weighted by Gasteiger charge is -2.36. The van der Waals surface area contributed by atoms with Crippen molar-refractivity contribution in [3.63, 3.8) is 0 Å². The summed E-state index contributed by atoms with van der Waals surface area (Å²) in [6.07, 6.45) is 7.28. The molecule has 2 aliphatic rings. The summed E-state index contributed by atoms with van der Waals surface area (Å²) in [5, 5.41) is 13.3. The second-order valence-corrected chi connectivity index (χ2v) is 6.93. The van der Waals surface area contributed by atoms with Crippen molar-refractivity contribution in [2.75, 3.05) is 45.9 Å². The van der Waals surface area contributed by atoms with E-state index in [2.05, 4.69) is 29.0 Å². The van der Waals surface area contributed by atoms with E-state index in [4.69, 9.17) is 0 Å². The van der Waals surface area contributed by atoms with Crippen LogP contribution >= 0.6 is 0 Å². The van der Waals surface area contributed by atoms with Gasteiger partial charge < -0.3 is 15.3 Å². The predicted molar refractivity (Wildman–Crippen MR) is 88.7 cm³/mol. The zero-order chi connectivity index (χ0) is 15.1. The van der Waals surface area contributed by atoms with Crippen LogP contribution in [0.2, 0.25) is 0 Å². The van der Waals surface area contributed by atoms with Gasteiger partial charge in [-0.2, -0.15) is 0 Å². The first-order valence-corrected chi connectivity index (χ1v) is 9.05. The molecule has 0 spiro atoms. The molecule has 0 aromatic carbocycles. The molecule has 1 saturated carbocycles. The monoisotopic (exact) mass is 297 g/mol. The quantitative estimate of drug-likeness (QED) is 0.644. The lowest BCUT2D eigenvalue weighted by atomic mass is 9.91. The van der Waals surface area contributed by atoms with Crippen LogP contribution in [0.25, 0.3) is 0 Å². The summed E-state index contributed by atoms with van der Waals surface area (Å²) in [5.74, 6) is 0. The molecule has 0 amide bonds. The van der Waals surface area contributed by atoms with E-state index in [-0.39, 0.29) is 12.1 Å². The van der Waals surface area contributed by atoms with Crippen LogP contribution in [-0.2, 0) is 0 Å². The van der Waals surface area contributed by atoms with Gasteiger partial charge in [-0.15, -0.1) is 0 Å². The summed E-state index contributed by atoms with van der Waals surface area (Å²) in [5.41, 5.74) is -0.0498. The van der Waals surface area contributed by atoms with Crippen LogP contribution in [0.5, 0.6) is 0 Å². The summed E-state index contributed by atoms with van der Waals surface area (Å²) in [7, 11) is 0. The molecule has 124 valence electrons. The van der Waals surface area contributed by atoms with Gasteiger partial charge in [0.05, 0.1) is 6.61 Å². The zero-order valence-corrected chi connectivity index (χ0v) is 14.1. The third kappa shape index (κ3) is 5.20. The Hall–Kier alpha value is -0.160. The van der Waals surface area contributed by atoms with Crippen LogP contribution in [0.4, 0.5) is 0 Å². The van der Waals surface area contributed by atoms with Crippen molar-refractivity contribution in [2.24, 2.45) is 0 Å². The van der Waals surface area contributed by atoms with Crippen LogP contribution in [0.15, 0.2) is 0 Å². The van der Waals surface area contributed by atoms with Crippen molar-refractivity contribution >= 4 is 0 Å². The highest BCUT2D eigenvalue weighted by Crippen LogP contribution is 2.27. The molecule has 1 heterocycles. The average Bonchev–Trinajstić information content (AvgIpc) is 3.36. The molecule has 0 radical (unpaired) electrons. The molecule has 0 aromatic rings. The van der Waals surface area contributed by atoms with Gasteiger partial charge in [0.15, 0.2) is 0 Å². The van der Waals surface area contributed by atoms with Gasteiger partial charge in [0.1, 0.15) is 0 Å². The lowest BCUT2D eigenvalue weighted by molar-refractivity contribution is 0.111. The van der Waals surface area contributed by atoms with Gasteiger partial charge in [0, 0.05) is 37.8 Å². The number of piperazine rings is 1. The largest absolute Gasteiger partial charge is 0.394 e. The Balaban J connectivity index is 1.64. The van der Waals surface area contributed by atoms with Crippen LogP contribution in [0, 0.1) is 0 Å². The molecule has 2 N–H and O–H groups in total. The van der Waals surface area contributed by atoms with E-state index in [1.165, 1.54) is 52.0 Å². The molecule has 1 aliphatic carbocycles. The molecule has 4 heteroatoms. The number of nitrogens with one attached hydrogen (secondary N) is 1. The van der Waals surface area contributed by atoms with Gasteiger partial charge in [0.2, 0.25) is 0 Å². The number of rotatable bonds is 10. The summed E-state index contributed by atoms with van der Waals surface area (Å²) in [6, 6.07) is 0.924. The molecule has 1 saturated heterocycles. The first-order valence-electron chi connectivity index (χ1n) is 9.05. The van der Waals surface area contributed by atoms with Gasteiger partial charge in [-0.05, 0) is 51.6 Å². The van der Waals surface area contributed by atoms with Crippen LogP contribution < -0.4 is 5.32 Å². The molecule has 1 unspecified atom stereocenters. The van der Waals surface area contributed by atoms with Gasteiger partial charge >= 0.3 is 0 Å². The first-order chi connectivity index (χ1) is 10.2. The molecule has 21 heavy (non-hydrogen) atoms. The molecular formula is C17H35N3O. The topological polar surface area (TPSA) is 38.7 Å². The smallest absolute Gasteiger partial charge is 0.0613 e. The molecule has 2 rings (SSSR count). The Kier molecular flexibility index (Phi) is 6.93. The summed E-state index contributed by atoms with van der Waals surface area (Å²) in [6.45, 7) is 11.8. The Morgan fingerprint density at radius 3 is 2.38 bits per heavy atom. The maximum Gasteiger partial charge on any atom is 0.0613 e. The predicted octanol–water partition coefficient (Wildman–Crippen LogP) is 1.69. The number of aliphatic hydroxyl groups excluding tert-OH is 1. The molecule has 4 nitrogen and oxygen atoms in total. The highest BCUT2D eigenvalue weighted by Gasteiger charge is 2.31. The van der Waals surface area contributed by atoms with Crippen LogP contribution in [0.1, 0.15) is 52.4 Å². The van der Waals surface area contributed by atoms with Crippen molar-refractivity contribution in [1.29, 1.82) is 0 Å². The maximum atomic E-state index is 9.76. The number of aliphatic hydroxyl groups is 1. The minimum atomic E-state index is -0.0498. The molecule has 1 atom stereocenters. The fraction of sp³-hybridized carbons (Fsp3) is 1.00. The SMILES string of the molecule is CCCNC(CC)(CO)CCCN1CCN(C2CC2)CC1. The average molecular weight is 297 g/mol. The Bertz CT molecular complexity index is 282. The first kappa shape index (κ1) is 17.2. The molecular weight excluding hydrogens is 262 g/mol. The minimum absolute atomic E-state index is 0.0498. The summed E-state index contributed by atoms with van der Waals surface area (Å²) >= 11 is 0. The normalized spacial score (nSPS) is 24.1. The van der Waals surface area contributed by atoms with Crippen molar-refractivity contribution in [3.05, 3.63) is 0 Å². The molecule has 0 aromatic heterocycles. The summed E-state index contributed by atoms with van der Waals surface area (Å²) < 4.78 is 0. The number of hydrogen-bond acceptors (Lipinski definition) is 4. The molecule has 1 aliphatic heterocycles. The van der Waals surface area contributed by atoms with Crippen LogP contribution in [0.3, 0.4) is 0 Å². The van der Waals surface area contributed by atoms with Gasteiger partial charge in [-0.3, -0.25) is 4.90 Å². The molecule has 0 bridgehead atoms. The van der Waals surface area contributed by atoms with E-state index >= 15 is 0 Å². The van der Waals surface area contributed by atoms with Crippen molar-refractivity contribution in [3.8, 4) is 0 Å². The standard InChI is InChI=1S/C17H35N3O/c1-3-9-18-17(4-2,15-21)8-5-10-19-11-13-20(14-12-19)16-6-7-16/h16,18,21H,3-15H2,1-2H3. The fourth-order valence-corrected chi connectivity index (χ4v) is 3.46. The lowest BCUT2D eigenvalue weighted by Crippen LogP contribution is -2.50. The zero-order valence-electron chi connectivity index (χ0n) is 14.1. The van der Waals surface area contributed by atoms with Gasteiger partial charge in [0.25, 0.3) is 0 Å². The van der Waals surface area contributed by atoms with Crippen LogP contribution in [-0.4, -0.2) is 72.4 Å². The van der Waals surface area contributed by atoms with E-state index in [0.29, 0.717) is 0 Å². The highest BCUT2D eigenvalue weighted by atomic mass is 16.3. The van der Waals surface area contributed by atoms with Gasteiger partial charge in [-0.1, -0.05) is 13.8 Å². The second-order valence-electron chi connectivity index (χ2n) is 6.93. The second kappa shape index (κ2) is 8.47. The van der Waals surface area contributed by atoms with Gasteiger partial charge in [-0.25, -0.2) is 0 Å². The van der Waals surface area contributed by atoms with Crippen molar-refractivity contribution in [1.82, 2.24) is 15.1 Å². The highest BCUT2D eigenvalue weighted by molar-refractivity contribution is 4.89.